The van der Waals surface area contributed by atoms with E-state index in [1.807, 2.05) is 0 Å². The number of alkyl halides is 1. The SMILES string of the molecule is CC1CN(c2nc3sccn3c2CCl)CC(C)N1C. The molecule has 1 aliphatic heterocycles. The first-order valence-corrected chi connectivity index (χ1v) is 8.00. The first-order valence-electron chi connectivity index (χ1n) is 6.59. The second-order valence-corrected chi connectivity index (χ2v) is 6.48. The maximum absolute atomic E-state index is 6.14. The van der Waals surface area contributed by atoms with Gasteiger partial charge in [-0.3, -0.25) is 9.30 Å². The van der Waals surface area contributed by atoms with Crippen molar-refractivity contribution in [2.24, 2.45) is 0 Å². The van der Waals surface area contributed by atoms with Crippen molar-refractivity contribution >= 4 is 33.7 Å². The van der Waals surface area contributed by atoms with E-state index in [9.17, 15) is 0 Å². The second-order valence-electron chi connectivity index (χ2n) is 5.34. The zero-order valence-corrected chi connectivity index (χ0v) is 13.1. The Morgan fingerprint density at radius 2 is 2.05 bits per heavy atom. The van der Waals surface area contributed by atoms with E-state index in [0.29, 0.717) is 18.0 Å². The van der Waals surface area contributed by atoms with E-state index in [1.165, 1.54) is 0 Å². The zero-order valence-electron chi connectivity index (χ0n) is 11.5. The third-order valence-corrected chi connectivity index (χ3v) is 5.14. The summed E-state index contributed by atoms with van der Waals surface area (Å²) in [5.41, 5.74) is 1.11. The predicted molar refractivity (Wildman–Crippen MR) is 81.5 cm³/mol. The summed E-state index contributed by atoms with van der Waals surface area (Å²) in [4.78, 5) is 10.6. The molecule has 2 unspecified atom stereocenters. The van der Waals surface area contributed by atoms with E-state index in [4.69, 9.17) is 16.6 Å². The van der Waals surface area contributed by atoms with Crippen LogP contribution in [-0.4, -0.2) is 46.5 Å². The molecular formula is C13H19ClN4S. The van der Waals surface area contributed by atoms with Crippen molar-refractivity contribution in [3.63, 3.8) is 0 Å². The molecule has 2 aromatic rings. The van der Waals surface area contributed by atoms with Crippen LogP contribution >= 0.6 is 22.9 Å². The van der Waals surface area contributed by atoms with Crippen molar-refractivity contribution in [3.05, 3.63) is 17.3 Å². The van der Waals surface area contributed by atoms with Gasteiger partial charge in [-0.2, -0.15) is 0 Å². The summed E-state index contributed by atoms with van der Waals surface area (Å²) in [7, 11) is 2.20. The minimum absolute atomic E-state index is 0.502. The van der Waals surface area contributed by atoms with Crippen LogP contribution in [0.4, 0.5) is 5.82 Å². The summed E-state index contributed by atoms with van der Waals surface area (Å²) in [5.74, 6) is 1.57. The summed E-state index contributed by atoms with van der Waals surface area (Å²) >= 11 is 7.80. The third-order valence-electron chi connectivity index (χ3n) is 4.13. The molecule has 2 atom stereocenters. The number of piperazine rings is 1. The highest BCUT2D eigenvalue weighted by Gasteiger charge is 2.29. The highest BCUT2D eigenvalue weighted by molar-refractivity contribution is 7.15. The molecule has 2 aromatic heterocycles. The smallest absolute Gasteiger partial charge is 0.195 e. The van der Waals surface area contributed by atoms with Crippen LogP contribution in [0.15, 0.2) is 11.6 Å². The van der Waals surface area contributed by atoms with Crippen molar-refractivity contribution in [1.82, 2.24) is 14.3 Å². The first-order chi connectivity index (χ1) is 9.11. The Kier molecular flexibility index (Phi) is 3.45. The number of halogens is 1. The fraction of sp³-hybridized carbons (Fsp3) is 0.615. The predicted octanol–water partition coefficient (Wildman–Crippen LogP) is 2.66. The Balaban J connectivity index is 1.97. The fourth-order valence-corrected chi connectivity index (χ4v) is 3.75. The number of imidazole rings is 1. The monoisotopic (exact) mass is 298 g/mol. The van der Waals surface area contributed by atoms with Gasteiger partial charge >= 0.3 is 0 Å². The van der Waals surface area contributed by atoms with E-state index in [1.54, 1.807) is 11.3 Å². The van der Waals surface area contributed by atoms with Gasteiger partial charge in [0.05, 0.1) is 11.6 Å². The lowest BCUT2D eigenvalue weighted by Gasteiger charge is -2.42. The molecule has 1 saturated heterocycles. The molecular weight excluding hydrogens is 280 g/mol. The molecule has 0 aromatic carbocycles. The number of rotatable bonds is 2. The Hall–Kier alpha value is -0.780. The Morgan fingerprint density at radius 3 is 2.68 bits per heavy atom. The van der Waals surface area contributed by atoms with Crippen LogP contribution in [-0.2, 0) is 5.88 Å². The highest BCUT2D eigenvalue weighted by Crippen LogP contribution is 2.28. The number of hydrogen-bond acceptors (Lipinski definition) is 4. The average Bonchev–Trinajstić information content (AvgIpc) is 2.94. The van der Waals surface area contributed by atoms with Gasteiger partial charge in [0.2, 0.25) is 0 Å². The molecule has 0 radical (unpaired) electrons. The number of nitrogens with zero attached hydrogens (tertiary/aromatic N) is 4. The Morgan fingerprint density at radius 1 is 1.37 bits per heavy atom. The van der Waals surface area contributed by atoms with Gasteiger partial charge in [-0.25, -0.2) is 4.98 Å². The summed E-state index contributed by atoms with van der Waals surface area (Å²) in [5, 5.41) is 2.05. The minimum atomic E-state index is 0.502. The van der Waals surface area contributed by atoms with Crippen LogP contribution in [0, 0.1) is 0 Å². The number of anilines is 1. The number of fused-ring (bicyclic) bond motifs is 1. The van der Waals surface area contributed by atoms with E-state index >= 15 is 0 Å². The third kappa shape index (κ3) is 2.14. The van der Waals surface area contributed by atoms with Gasteiger partial charge < -0.3 is 4.90 Å². The molecule has 0 spiro atoms. The standard InChI is InChI=1S/C13H19ClN4S/c1-9-7-17(8-10(2)16(9)3)12-11(6-14)18-4-5-19-13(18)15-12/h4-5,9-10H,6-8H2,1-3H3. The zero-order chi connectivity index (χ0) is 13.6. The van der Waals surface area contributed by atoms with Crippen molar-refractivity contribution in [2.45, 2.75) is 31.8 Å². The molecule has 3 heterocycles. The van der Waals surface area contributed by atoms with Crippen LogP contribution in [0.5, 0.6) is 0 Å². The van der Waals surface area contributed by atoms with Crippen LogP contribution in [0.3, 0.4) is 0 Å². The lowest BCUT2D eigenvalue weighted by Crippen LogP contribution is -2.55. The second kappa shape index (κ2) is 4.96. The van der Waals surface area contributed by atoms with Crippen LogP contribution in [0.1, 0.15) is 19.5 Å². The summed E-state index contributed by atoms with van der Waals surface area (Å²) in [6, 6.07) is 1.07. The molecule has 0 saturated carbocycles. The van der Waals surface area contributed by atoms with Crippen molar-refractivity contribution < 1.29 is 0 Å². The quantitative estimate of drug-likeness (QED) is 0.797. The summed E-state index contributed by atoms with van der Waals surface area (Å²) in [6.07, 6.45) is 2.05. The average molecular weight is 299 g/mol. The van der Waals surface area contributed by atoms with Gasteiger partial charge in [0, 0.05) is 36.8 Å². The molecule has 4 nitrogen and oxygen atoms in total. The fourth-order valence-electron chi connectivity index (χ4n) is 2.78. The molecule has 0 aliphatic carbocycles. The molecule has 0 amide bonds. The van der Waals surface area contributed by atoms with Crippen LogP contribution < -0.4 is 4.90 Å². The molecule has 6 heteroatoms. The van der Waals surface area contributed by atoms with Gasteiger partial charge in [-0.1, -0.05) is 0 Å². The lowest BCUT2D eigenvalue weighted by molar-refractivity contribution is 0.169. The molecule has 104 valence electrons. The minimum Gasteiger partial charge on any atom is -0.352 e. The molecule has 0 N–H and O–H groups in total. The van der Waals surface area contributed by atoms with E-state index in [-0.39, 0.29) is 0 Å². The largest absolute Gasteiger partial charge is 0.352 e. The van der Waals surface area contributed by atoms with Crippen LogP contribution in [0.25, 0.3) is 4.96 Å². The molecule has 3 rings (SSSR count). The summed E-state index contributed by atoms with van der Waals surface area (Å²) < 4.78 is 2.11. The number of thiazole rings is 1. The normalized spacial score (nSPS) is 25.4. The molecule has 0 bridgehead atoms. The Labute approximate surface area is 122 Å². The van der Waals surface area contributed by atoms with Crippen molar-refractivity contribution in [3.8, 4) is 0 Å². The molecule has 19 heavy (non-hydrogen) atoms. The topological polar surface area (TPSA) is 23.8 Å². The van der Waals surface area contributed by atoms with E-state index < -0.39 is 0 Å². The van der Waals surface area contributed by atoms with E-state index in [2.05, 4.69) is 46.7 Å². The maximum Gasteiger partial charge on any atom is 0.195 e. The van der Waals surface area contributed by atoms with Crippen LogP contribution in [0.2, 0.25) is 0 Å². The van der Waals surface area contributed by atoms with Crippen molar-refractivity contribution in [2.75, 3.05) is 25.0 Å². The lowest BCUT2D eigenvalue weighted by atomic mass is 10.1. The van der Waals surface area contributed by atoms with Gasteiger partial charge in [0.25, 0.3) is 0 Å². The molecule has 1 aliphatic rings. The van der Waals surface area contributed by atoms with Gasteiger partial charge in [0.15, 0.2) is 10.8 Å². The number of aromatic nitrogens is 2. The van der Waals surface area contributed by atoms with E-state index in [0.717, 1.165) is 29.6 Å². The highest BCUT2D eigenvalue weighted by atomic mass is 35.5. The van der Waals surface area contributed by atoms with Gasteiger partial charge in [0.1, 0.15) is 0 Å². The number of hydrogen-bond donors (Lipinski definition) is 0. The number of likely N-dealkylation sites (N-methyl/N-ethyl adjacent to an activating group) is 1. The molecule has 1 fully saturated rings. The van der Waals surface area contributed by atoms with Gasteiger partial charge in [-0.15, -0.1) is 22.9 Å². The first kappa shape index (κ1) is 13.2. The van der Waals surface area contributed by atoms with Crippen molar-refractivity contribution in [1.29, 1.82) is 0 Å². The summed E-state index contributed by atoms with van der Waals surface area (Å²) in [6.45, 7) is 6.55. The maximum atomic E-state index is 6.14. The Bertz CT molecular complexity index is 566. The van der Waals surface area contributed by atoms with Gasteiger partial charge in [-0.05, 0) is 20.9 Å².